The van der Waals surface area contributed by atoms with Crippen molar-refractivity contribution in [2.24, 2.45) is 11.3 Å². The molecule has 1 aliphatic carbocycles. The third kappa shape index (κ3) is 7.09. The van der Waals surface area contributed by atoms with Gasteiger partial charge in [0.1, 0.15) is 0 Å². The largest absolute Gasteiger partial charge is 0.234 e. The summed E-state index contributed by atoms with van der Waals surface area (Å²) in [5.41, 5.74) is 0.167. The van der Waals surface area contributed by atoms with Gasteiger partial charge < -0.3 is 0 Å². The lowest BCUT2D eigenvalue weighted by molar-refractivity contribution is -0.523. The first kappa shape index (κ1) is 18.9. The van der Waals surface area contributed by atoms with E-state index in [2.05, 4.69) is 34.6 Å². The van der Waals surface area contributed by atoms with Crippen LogP contribution >= 0.6 is 0 Å². The Morgan fingerprint density at radius 3 is 1.86 bits per heavy atom. The van der Waals surface area contributed by atoms with Crippen molar-refractivity contribution in [1.82, 2.24) is 0 Å². The van der Waals surface area contributed by atoms with Gasteiger partial charge in [-0.3, -0.25) is 0 Å². The van der Waals surface area contributed by atoms with Gasteiger partial charge in [-0.05, 0) is 30.6 Å². The standard InChI is InChI=1S/C17H34O4/c1-6-8-10-18-20-17(21-19-11-9-7-2)13-15(3)12-16(4,5)14-17/h15H,6-14H2,1-5H3. The molecule has 0 aliphatic heterocycles. The Balaban J connectivity index is 2.59. The molecule has 21 heavy (non-hydrogen) atoms. The van der Waals surface area contributed by atoms with Crippen LogP contribution in [0.2, 0.25) is 0 Å². The Morgan fingerprint density at radius 2 is 1.43 bits per heavy atom. The lowest BCUT2D eigenvalue weighted by atomic mass is 9.70. The fraction of sp³-hybridized carbons (Fsp3) is 1.00. The number of hydrogen-bond donors (Lipinski definition) is 0. The highest BCUT2D eigenvalue weighted by atomic mass is 17.3. The predicted molar refractivity (Wildman–Crippen MR) is 83.4 cm³/mol. The van der Waals surface area contributed by atoms with E-state index in [-0.39, 0.29) is 5.41 Å². The van der Waals surface area contributed by atoms with Crippen molar-refractivity contribution in [3.8, 4) is 0 Å². The molecule has 126 valence electrons. The van der Waals surface area contributed by atoms with Gasteiger partial charge in [0.25, 0.3) is 0 Å². The molecule has 4 nitrogen and oxygen atoms in total. The van der Waals surface area contributed by atoms with E-state index in [0.717, 1.165) is 38.5 Å². The molecule has 0 saturated heterocycles. The zero-order valence-corrected chi connectivity index (χ0v) is 14.6. The number of hydrogen-bond acceptors (Lipinski definition) is 4. The normalized spacial score (nSPS) is 24.1. The Morgan fingerprint density at radius 1 is 0.905 bits per heavy atom. The van der Waals surface area contributed by atoms with E-state index in [1.54, 1.807) is 0 Å². The number of unbranched alkanes of at least 4 members (excludes halogenated alkanes) is 2. The Kier molecular flexibility index (Phi) is 8.17. The fourth-order valence-electron chi connectivity index (χ4n) is 3.27. The second-order valence-electron chi connectivity index (χ2n) is 7.28. The molecule has 1 aliphatic rings. The summed E-state index contributed by atoms with van der Waals surface area (Å²) in [5.74, 6) is -0.235. The molecule has 0 N–H and O–H groups in total. The van der Waals surface area contributed by atoms with E-state index in [4.69, 9.17) is 19.6 Å². The minimum absolute atomic E-state index is 0.167. The van der Waals surface area contributed by atoms with Crippen LogP contribution in [0, 0.1) is 11.3 Å². The van der Waals surface area contributed by atoms with Gasteiger partial charge in [0.05, 0.1) is 13.2 Å². The highest BCUT2D eigenvalue weighted by Crippen LogP contribution is 2.46. The molecule has 1 rings (SSSR count). The molecule has 1 saturated carbocycles. The van der Waals surface area contributed by atoms with E-state index in [9.17, 15) is 0 Å². The van der Waals surface area contributed by atoms with Gasteiger partial charge in [-0.25, -0.2) is 9.78 Å². The van der Waals surface area contributed by atoms with Crippen molar-refractivity contribution < 1.29 is 19.6 Å². The summed E-state index contributed by atoms with van der Waals surface area (Å²) in [5, 5.41) is 0. The molecule has 1 atom stereocenters. The lowest BCUT2D eigenvalue weighted by Gasteiger charge is -2.44. The molecule has 0 aromatic carbocycles. The van der Waals surface area contributed by atoms with Crippen LogP contribution in [0.1, 0.15) is 79.6 Å². The molecule has 1 fully saturated rings. The van der Waals surface area contributed by atoms with Crippen LogP contribution in [0.25, 0.3) is 0 Å². The summed E-state index contributed by atoms with van der Waals surface area (Å²) in [4.78, 5) is 22.2. The van der Waals surface area contributed by atoms with Crippen molar-refractivity contribution in [2.75, 3.05) is 13.2 Å². The van der Waals surface area contributed by atoms with Crippen LogP contribution in [0.4, 0.5) is 0 Å². The van der Waals surface area contributed by atoms with Crippen molar-refractivity contribution >= 4 is 0 Å². The molecule has 0 bridgehead atoms. The monoisotopic (exact) mass is 302 g/mol. The molecule has 4 heteroatoms. The molecule has 1 unspecified atom stereocenters. The second-order valence-corrected chi connectivity index (χ2v) is 7.28. The zero-order valence-electron chi connectivity index (χ0n) is 14.6. The van der Waals surface area contributed by atoms with Crippen molar-refractivity contribution in [3.63, 3.8) is 0 Å². The van der Waals surface area contributed by atoms with Gasteiger partial charge in [-0.1, -0.05) is 47.5 Å². The van der Waals surface area contributed by atoms with Crippen molar-refractivity contribution in [3.05, 3.63) is 0 Å². The fourth-order valence-corrected chi connectivity index (χ4v) is 3.27. The second kappa shape index (κ2) is 9.09. The molecule has 0 radical (unpaired) electrons. The molecule has 0 aromatic heterocycles. The van der Waals surface area contributed by atoms with E-state index in [0.29, 0.717) is 19.1 Å². The van der Waals surface area contributed by atoms with Crippen LogP contribution in [-0.2, 0) is 19.6 Å². The lowest BCUT2D eigenvalue weighted by Crippen LogP contribution is -2.46. The van der Waals surface area contributed by atoms with E-state index < -0.39 is 5.79 Å². The number of rotatable bonds is 10. The van der Waals surface area contributed by atoms with Crippen molar-refractivity contribution in [1.29, 1.82) is 0 Å². The summed E-state index contributed by atoms with van der Waals surface area (Å²) in [6, 6.07) is 0. The maximum absolute atomic E-state index is 5.71. The van der Waals surface area contributed by atoms with Gasteiger partial charge in [-0.2, -0.15) is 9.78 Å². The first-order valence-corrected chi connectivity index (χ1v) is 8.54. The summed E-state index contributed by atoms with van der Waals surface area (Å²) in [6.45, 7) is 12.2. The Labute approximate surface area is 130 Å². The van der Waals surface area contributed by atoms with Gasteiger partial charge >= 0.3 is 0 Å². The topological polar surface area (TPSA) is 36.9 Å². The summed E-state index contributed by atoms with van der Waals surface area (Å²) < 4.78 is 0. The average molecular weight is 302 g/mol. The van der Waals surface area contributed by atoms with Gasteiger partial charge in [-0.15, -0.1) is 0 Å². The molecular weight excluding hydrogens is 268 g/mol. The quantitative estimate of drug-likeness (QED) is 0.245. The third-order valence-electron chi connectivity index (χ3n) is 3.89. The maximum Gasteiger partial charge on any atom is 0.234 e. The molecule has 0 spiro atoms. The van der Waals surface area contributed by atoms with Crippen molar-refractivity contribution in [2.45, 2.75) is 85.4 Å². The Hall–Kier alpha value is -0.160. The molecule has 0 heterocycles. The van der Waals surface area contributed by atoms with Crippen LogP contribution < -0.4 is 0 Å². The molecule has 0 amide bonds. The zero-order chi connectivity index (χ0) is 15.8. The SMILES string of the molecule is CCCCOOC1(OOCCCC)CC(C)CC(C)(C)C1. The third-order valence-corrected chi connectivity index (χ3v) is 3.89. The van der Waals surface area contributed by atoms with Gasteiger partial charge in [0, 0.05) is 12.8 Å². The smallest absolute Gasteiger partial charge is 0.234 e. The van der Waals surface area contributed by atoms with Crippen LogP contribution in [0.3, 0.4) is 0 Å². The Bertz CT molecular complexity index is 266. The summed E-state index contributed by atoms with van der Waals surface area (Å²) >= 11 is 0. The summed E-state index contributed by atoms with van der Waals surface area (Å²) in [7, 11) is 0. The molecule has 0 aromatic rings. The average Bonchev–Trinajstić information content (AvgIpc) is 2.38. The van der Waals surface area contributed by atoms with Crippen LogP contribution in [0.5, 0.6) is 0 Å². The minimum Gasteiger partial charge on any atom is -0.234 e. The first-order chi connectivity index (χ1) is 9.93. The first-order valence-electron chi connectivity index (χ1n) is 8.54. The summed E-state index contributed by atoms with van der Waals surface area (Å²) in [6.07, 6.45) is 6.94. The van der Waals surface area contributed by atoms with Gasteiger partial charge in [0.2, 0.25) is 5.79 Å². The van der Waals surface area contributed by atoms with E-state index in [1.165, 1.54) is 6.42 Å². The van der Waals surface area contributed by atoms with Gasteiger partial charge in [0.15, 0.2) is 0 Å². The predicted octanol–water partition coefficient (Wildman–Crippen LogP) is 5.03. The highest BCUT2D eigenvalue weighted by Gasteiger charge is 2.47. The van der Waals surface area contributed by atoms with E-state index >= 15 is 0 Å². The van der Waals surface area contributed by atoms with Crippen LogP contribution in [-0.4, -0.2) is 19.0 Å². The highest BCUT2D eigenvalue weighted by molar-refractivity contribution is 4.88. The van der Waals surface area contributed by atoms with E-state index in [1.807, 2.05) is 0 Å². The minimum atomic E-state index is -0.761. The molecular formula is C17H34O4. The maximum atomic E-state index is 5.71. The van der Waals surface area contributed by atoms with Crippen LogP contribution in [0.15, 0.2) is 0 Å².